The number of ether oxygens (including phenoxy) is 2. The summed E-state index contributed by atoms with van der Waals surface area (Å²) in [5.74, 6) is -0.295. The molecule has 0 radical (unpaired) electrons. The van der Waals surface area contributed by atoms with Crippen LogP contribution in [-0.2, 0) is 9.59 Å². The van der Waals surface area contributed by atoms with Crippen molar-refractivity contribution in [1.82, 2.24) is 5.32 Å². The quantitative estimate of drug-likeness (QED) is 0.778. The Morgan fingerprint density at radius 1 is 1.23 bits per heavy atom. The highest BCUT2D eigenvalue weighted by molar-refractivity contribution is 6.01. The van der Waals surface area contributed by atoms with Crippen molar-refractivity contribution in [2.45, 2.75) is 12.3 Å². The second kappa shape index (κ2) is 7.86. The Bertz CT molecular complexity index is 808. The largest absolute Gasteiger partial charge is 0.497 e. The van der Waals surface area contributed by atoms with E-state index in [-0.39, 0.29) is 24.8 Å². The van der Waals surface area contributed by atoms with Gasteiger partial charge in [-0.1, -0.05) is 6.07 Å². The molecule has 2 amide bonds. The second-order valence-electron chi connectivity index (χ2n) is 5.85. The summed E-state index contributed by atoms with van der Waals surface area (Å²) in [7, 11) is 1.59. The van der Waals surface area contributed by atoms with Gasteiger partial charge in [-0.25, -0.2) is 4.39 Å². The van der Waals surface area contributed by atoms with Gasteiger partial charge in [0.1, 0.15) is 23.9 Å². The Labute approximate surface area is 150 Å². The lowest BCUT2D eigenvalue weighted by atomic mass is 9.90. The maximum atomic E-state index is 13.3. The average molecular weight is 358 g/mol. The van der Waals surface area contributed by atoms with Crippen molar-refractivity contribution >= 4 is 17.5 Å². The van der Waals surface area contributed by atoms with E-state index in [4.69, 9.17) is 9.47 Å². The first-order chi connectivity index (χ1) is 12.6. The number of rotatable bonds is 6. The number of halogens is 1. The van der Waals surface area contributed by atoms with Crippen molar-refractivity contribution < 1.29 is 23.5 Å². The van der Waals surface area contributed by atoms with Crippen molar-refractivity contribution in [3.8, 4) is 11.5 Å². The van der Waals surface area contributed by atoms with Crippen LogP contribution in [0.25, 0.3) is 0 Å². The first-order valence-electron chi connectivity index (χ1n) is 8.20. The van der Waals surface area contributed by atoms with Gasteiger partial charge in [0, 0.05) is 12.1 Å². The lowest BCUT2D eigenvalue weighted by Crippen LogP contribution is -2.36. The van der Waals surface area contributed by atoms with E-state index in [1.165, 1.54) is 18.2 Å². The van der Waals surface area contributed by atoms with Gasteiger partial charge in [0.05, 0.1) is 19.6 Å². The summed E-state index contributed by atoms with van der Waals surface area (Å²) in [6, 6.07) is 11.1. The van der Waals surface area contributed by atoms with Crippen LogP contribution in [0.2, 0.25) is 0 Å². The molecule has 6 nitrogen and oxygen atoms in total. The molecule has 0 fully saturated rings. The molecular formula is C19H19FN2O4. The summed E-state index contributed by atoms with van der Waals surface area (Å²) >= 11 is 0. The van der Waals surface area contributed by atoms with E-state index < -0.39 is 11.7 Å². The maximum absolute atomic E-state index is 13.3. The Hall–Kier alpha value is -3.09. The molecule has 3 rings (SSSR count). The van der Waals surface area contributed by atoms with Crippen molar-refractivity contribution in [2.75, 3.05) is 25.6 Å². The predicted molar refractivity (Wildman–Crippen MR) is 93.9 cm³/mol. The molecule has 2 aromatic carbocycles. The Morgan fingerprint density at radius 2 is 1.96 bits per heavy atom. The third kappa shape index (κ3) is 4.11. The van der Waals surface area contributed by atoms with Gasteiger partial charge >= 0.3 is 0 Å². The molecule has 1 unspecified atom stereocenters. The van der Waals surface area contributed by atoms with Crippen LogP contribution < -0.4 is 20.1 Å². The van der Waals surface area contributed by atoms with E-state index >= 15 is 0 Å². The van der Waals surface area contributed by atoms with Gasteiger partial charge in [0.2, 0.25) is 11.8 Å². The zero-order valence-electron chi connectivity index (χ0n) is 14.3. The normalized spacial score (nSPS) is 15.6. The summed E-state index contributed by atoms with van der Waals surface area (Å²) < 4.78 is 24.0. The van der Waals surface area contributed by atoms with E-state index in [2.05, 4.69) is 10.6 Å². The Kier molecular flexibility index (Phi) is 5.36. The van der Waals surface area contributed by atoms with Gasteiger partial charge < -0.3 is 20.1 Å². The number of anilines is 1. The van der Waals surface area contributed by atoms with Crippen LogP contribution in [0.4, 0.5) is 10.1 Å². The highest BCUT2D eigenvalue weighted by Gasteiger charge is 2.30. The molecule has 2 N–H and O–H groups in total. The zero-order valence-corrected chi connectivity index (χ0v) is 14.3. The van der Waals surface area contributed by atoms with Gasteiger partial charge in [-0.2, -0.15) is 0 Å². The van der Waals surface area contributed by atoms with Gasteiger partial charge in [-0.05, 0) is 42.0 Å². The summed E-state index contributed by atoms with van der Waals surface area (Å²) in [6.07, 6.45) is 0.0316. The van der Waals surface area contributed by atoms with E-state index in [9.17, 15) is 14.0 Å². The van der Waals surface area contributed by atoms with Gasteiger partial charge in [0.15, 0.2) is 0 Å². The Morgan fingerprint density at radius 3 is 2.69 bits per heavy atom. The van der Waals surface area contributed by atoms with Crippen LogP contribution in [0.3, 0.4) is 0 Å². The van der Waals surface area contributed by atoms with Gasteiger partial charge in [-0.15, -0.1) is 0 Å². The van der Waals surface area contributed by atoms with Crippen molar-refractivity contribution in [2.24, 2.45) is 0 Å². The highest BCUT2D eigenvalue weighted by atomic mass is 19.1. The minimum Gasteiger partial charge on any atom is -0.497 e. The predicted octanol–water partition coefficient (Wildman–Crippen LogP) is 2.46. The fourth-order valence-corrected chi connectivity index (χ4v) is 2.81. The molecule has 1 aliphatic heterocycles. The van der Waals surface area contributed by atoms with Crippen LogP contribution in [-0.4, -0.2) is 32.1 Å². The molecule has 1 aliphatic rings. The minimum absolute atomic E-state index is 0.0316. The number of benzene rings is 2. The average Bonchev–Trinajstić information content (AvgIpc) is 2.64. The first kappa shape index (κ1) is 17.7. The molecule has 0 aliphatic carbocycles. The molecule has 0 aromatic heterocycles. The zero-order chi connectivity index (χ0) is 18.5. The van der Waals surface area contributed by atoms with Crippen LogP contribution in [0.1, 0.15) is 17.9 Å². The number of carbonyl (C=O) groups is 2. The lowest BCUT2D eigenvalue weighted by Gasteiger charge is -2.24. The highest BCUT2D eigenvalue weighted by Crippen LogP contribution is 2.32. The standard InChI is InChI=1S/C19H19FN2O4/c1-25-13-3-5-14(6-4-13)26-9-8-21-19(24)16-11-18(23)22-17-10-12(20)2-7-15(16)17/h2-7,10,16H,8-9,11H2,1H3,(H,21,24)(H,22,23). The van der Waals surface area contributed by atoms with Crippen LogP contribution in [0, 0.1) is 5.82 Å². The van der Waals surface area contributed by atoms with Crippen molar-refractivity contribution in [3.05, 3.63) is 53.8 Å². The number of methoxy groups -OCH3 is 1. The SMILES string of the molecule is COc1ccc(OCCNC(=O)C2CC(=O)Nc3cc(F)ccc32)cc1. The smallest absolute Gasteiger partial charge is 0.228 e. The molecule has 136 valence electrons. The Balaban J connectivity index is 1.54. The summed E-state index contributed by atoms with van der Waals surface area (Å²) in [4.78, 5) is 24.2. The molecule has 0 spiro atoms. The van der Waals surface area contributed by atoms with Gasteiger partial charge in [0.25, 0.3) is 0 Å². The first-order valence-corrected chi connectivity index (χ1v) is 8.20. The second-order valence-corrected chi connectivity index (χ2v) is 5.85. The molecule has 1 heterocycles. The number of nitrogens with one attached hydrogen (secondary N) is 2. The molecule has 0 saturated carbocycles. The third-order valence-electron chi connectivity index (χ3n) is 4.10. The molecular weight excluding hydrogens is 339 g/mol. The molecule has 1 atom stereocenters. The molecule has 0 saturated heterocycles. The van der Waals surface area contributed by atoms with Crippen molar-refractivity contribution in [3.63, 3.8) is 0 Å². The molecule has 0 bridgehead atoms. The summed E-state index contributed by atoms with van der Waals surface area (Å²) in [6.45, 7) is 0.576. The summed E-state index contributed by atoms with van der Waals surface area (Å²) in [5.41, 5.74) is 0.954. The van der Waals surface area contributed by atoms with Gasteiger partial charge in [-0.3, -0.25) is 9.59 Å². The fourth-order valence-electron chi connectivity index (χ4n) is 2.81. The summed E-state index contributed by atoms with van der Waals surface area (Å²) in [5, 5.41) is 5.35. The molecule has 7 heteroatoms. The monoisotopic (exact) mass is 358 g/mol. The number of fused-ring (bicyclic) bond motifs is 1. The topological polar surface area (TPSA) is 76.7 Å². The van der Waals surface area contributed by atoms with Crippen LogP contribution in [0.5, 0.6) is 11.5 Å². The number of hydrogen-bond acceptors (Lipinski definition) is 4. The molecule has 2 aromatic rings. The number of amides is 2. The fraction of sp³-hybridized carbons (Fsp3) is 0.263. The molecule has 26 heavy (non-hydrogen) atoms. The van der Waals surface area contributed by atoms with Crippen LogP contribution >= 0.6 is 0 Å². The van der Waals surface area contributed by atoms with E-state index in [0.717, 1.165) is 5.75 Å². The van der Waals surface area contributed by atoms with E-state index in [1.54, 1.807) is 31.4 Å². The maximum Gasteiger partial charge on any atom is 0.228 e. The van der Waals surface area contributed by atoms with E-state index in [0.29, 0.717) is 23.5 Å². The third-order valence-corrected chi connectivity index (χ3v) is 4.10. The van der Waals surface area contributed by atoms with Crippen LogP contribution in [0.15, 0.2) is 42.5 Å². The van der Waals surface area contributed by atoms with Crippen molar-refractivity contribution in [1.29, 1.82) is 0 Å². The number of hydrogen-bond donors (Lipinski definition) is 2. The van der Waals surface area contributed by atoms with E-state index in [1.807, 2.05) is 0 Å². The lowest BCUT2D eigenvalue weighted by molar-refractivity contribution is -0.126. The minimum atomic E-state index is -0.639. The number of carbonyl (C=O) groups excluding carboxylic acids is 2.